The number of benzene rings is 1. The van der Waals surface area contributed by atoms with Gasteiger partial charge < -0.3 is 15.4 Å². The Morgan fingerprint density at radius 2 is 1.78 bits per heavy atom. The van der Waals surface area contributed by atoms with Gasteiger partial charge in [0.2, 0.25) is 0 Å². The molecule has 0 saturated heterocycles. The van der Waals surface area contributed by atoms with Gasteiger partial charge in [-0.15, -0.1) is 0 Å². The molecule has 4 aliphatic carbocycles. The van der Waals surface area contributed by atoms with Crippen LogP contribution in [-0.2, 0) is 0 Å². The molecule has 0 heterocycles. The highest BCUT2D eigenvalue weighted by Gasteiger charge is 2.51. The van der Waals surface area contributed by atoms with Gasteiger partial charge >= 0.3 is 0 Å². The molecule has 4 bridgehead atoms. The van der Waals surface area contributed by atoms with Crippen molar-refractivity contribution in [3.05, 3.63) is 23.2 Å². The van der Waals surface area contributed by atoms with Gasteiger partial charge in [0.15, 0.2) is 5.11 Å². The van der Waals surface area contributed by atoms with Crippen molar-refractivity contribution in [2.24, 2.45) is 17.8 Å². The van der Waals surface area contributed by atoms with Gasteiger partial charge in [-0.05, 0) is 86.7 Å². The molecule has 2 N–H and O–H groups in total. The molecule has 0 radical (unpaired) electrons. The number of thiocarbonyl (C=S) groups is 1. The quantitative estimate of drug-likeness (QED) is 0.780. The Morgan fingerprint density at radius 3 is 2.30 bits per heavy atom. The van der Waals surface area contributed by atoms with Gasteiger partial charge in [-0.3, -0.25) is 0 Å². The fraction of sp³-hybridized carbons (Fsp3) is 0.611. The van der Waals surface area contributed by atoms with E-state index in [0.717, 1.165) is 23.4 Å². The molecule has 23 heavy (non-hydrogen) atoms. The number of hydrogen-bond acceptors (Lipinski definition) is 2. The minimum Gasteiger partial charge on any atom is -0.495 e. The van der Waals surface area contributed by atoms with E-state index in [1.165, 1.54) is 38.5 Å². The number of anilines is 1. The summed E-state index contributed by atoms with van der Waals surface area (Å²) >= 11 is 11.8. The Hall–Kier alpha value is -1.00. The predicted molar refractivity (Wildman–Crippen MR) is 98.3 cm³/mol. The van der Waals surface area contributed by atoms with Gasteiger partial charge in [0.25, 0.3) is 0 Å². The van der Waals surface area contributed by atoms with Crippen molar-refractivity contribution in [2.75, 3.05) is 12.4 Å². The first-order valence-corrected chi connectivity index (χ1v) is 9.26. The third-order valence-electron chi connectivity index (χ3n) is 5.83. The second-order valence-corrected chi connectivity index (χ2v) is 8.44. The summed E-state index contributed by atoms with van der Waals surface area (Å²) in [6, 6.07) is 5.66. The topological polar surface area (TPSA) is 33.3 Å². The maximum atomic E-state index is 6.18. The summed E-state index contributed by atoms with van der Waals surface area (Å²) in [5.41, 5.74) is 1.13. The lowest BCUT2D eigenvalue weighted by Gasteiger charge is -2.57. The number of halogens is 1. The molecule has 0 atom stereocenters. The van der Waals surface area contributed by atoms with Crippen LogP contribution in [-0.4, -0.2) is 17.8 Å². The Bertz CT molecular complexity index is 598. The van der Waals surface area contributed by atoms with Crippen LogP contribution in [0.5, 0.6) is 5.75 Å². The average molecular weight is 351 g/mol. The molecule has 124 valence electrons. The SMILES string of the molecule is COc1ccc(NC(=S)NC23CC4CC(CC(C4)C2)C3)cc1Cl. The van der Waals surface area contributed by atoms with Crippen LogP contribution in [0.3, 0.4) is 0 Å². The molecule has 1 aromatic carbocycles. The van der Waals surface area contributed by atoms with E-state index in [0.29, 0.717) is 15.9 Å². The van der Waals surface area contributed by atoms with Crippen LogP contribution in [0.25, 0.3) is 0 Å². The molecule has 0 aromatic heterocycles. The van der Waals surface area contributed by atoms with E-state index >= 15 is 0 Å². The summed E-state index contributed by atoms with van der Waals surface area (Å²) in [4.78, 5) is 0. The van der Waals surface area contributed by atoms with Crippen molar-refractivity contribution in [1.82, 2.24) is 5.32 Å². The summed E-state index contributed by atoms with van der Waals surface area (Å²) < 4.78 is 5.19. The van der Waals surface area contributed by atoms with E-state index in [-0.39, 0.29) is 5.54 Å². The third kappa shape index (κ3) is 3.03. The van der Waals surface area contributed by atoms with Crippen LogP contribution in [0.4, 0.5) is 5.69 Å². The molecular weight excluding hydrogens is 328 g/mol. The minimum atomic E-state index is 0.231. The Labute approximate surface area is 148 Å². The fourth-order valence-corrected chi connectivity index (χ4v) is 6.00. The molecule has 5 rings (SSSR count). The van der Waals surface area contributed by atoms with Crippen molar-refractivity contribution in [1.29, 1.82) is 0 Å². The van der Waals surface area contributed by atoms with E-state index < -0.39 is 0 Å². The number of ether oxygens (including phenoxy) is 1. The van der Waals surface area contributed by atoms with Crippen molar-refractivity contribution >= 4 is 34.6 Å². The van der Waals surface area contributed by atoms with Crippen molar-refractivity contribution in [2.45, 2.75) is 44.1 Å². The normalized spacial score (nSPS) is 34.3. The lowest BCUT2D eigenvalue weighted by atomic mass is 9.53. The number of hydrogen-bond donors (Lipinski definition) is 2. The largest absolute Gasteiger partial charge is 0.495 e. The minimum absolute atomic E-state index is 0.231. The Balaban J connectivity index is 1.43. The zero-order chi connectivity index (χ0) is 16.0. The molecule has 3 nitrogen and oxygen atoms in total. The van der Waals surface area contributed by atoms with Crippen molar-refractivity contribution in [3.8, 4) is 5.75 Å². The maximum Gasteiger partial charge on any atom is 0.171 e. The van der Waals surface area contributed by atoms with E-state index in [1.807, 2.05) is 18.2 Å². The highest BCUT2D eigenvalue weighted by molar-refractivity contribution is 7.80. The summed E-state index contributed by atoms with van der Waals surface area (Å²) in [5.74, 6) is 3.41. The highest BCUT2D eigenvalue weighted by atomic mass is 35.5. The lowest BCUT2D eigenvalue weighted by molar-refractivity contribution is -0.00972. The Kier molecular flexibility index (Phi) is 3.93. The van der Waals surface area contributed by atoms with Crippen LogP contribution >= 0.6 is 23.8 Å². The summed E-state index contributed by atoms with van der Waals surface area (Å²) in [7, 11) is 1.62. The van der Waals surface area contributed by atoms with Gasteiger partial charge in [0.1, 0.15) is 5.75 Å². The fourth-order valence-electron chi connectivity index (χ4n) is 5.41. The van der Waals surface area contributed by atoms with Crippen molar-refractivity contribution in [3.63, 3.8) is 0 Å². The predicted octanol–water partition coefficient (Wildman–Crippen LogP) is 4.60. The van der Waals surface area contributed by atoms with E-state index in [4.69, 9.17) is 28.6 Å². The molecule has 0 amide bonds. The standard InChI is InChI=1S/C18H23ClN2OS/c1-22-16-3-2-14(7-15(16)19)20-17(23)21-18-8-11-4-12(9-18)6-13(5-11)10-18/h2-3,7,11-13H,4-6,8-10H2,1H3,(H2,20,21,23). The first-order valence-electron chi connectivity index (χ1n) is 8.48. The monoisotopic (exact) mass is 350 g/mol. The third-order valence-corrected chi connectivity index (χ3v) is 6.33. The summed E-state index contributed by atoms with van der Waals surface area (Å²) in [5, 5.41) is 8.27. The molecule has 0 aliphatic heterocycles. The van der Waals surface area contributed by atoms with Gasteiger partial charge in [-0.1, -0.05) is 11.6 Å². The molecule has 0 spiro atoms. The molecule has 5 heteroatoms. The Morgan fingerprint density at radius 1 is 1.17 bits per heavy atom. The molecular formula is C18H23ClN2OS. The number of methoxy groups -OCH3 is 1. The van der Waals surface area contributed by atoms with Crippen LogP contribution in [0.1, 0.15) is 38.5 Å². The number of rotatable bonds is 3. The average Bonchev–Trinajstić information content (AvgIpc) is 2.45. The maximum absolute atomic E-state index is 6.18. The smallest absolute Gasteiger partial charge is 0.171 e. The van der Waals surface area contributed by atoms with Crippen LogP contribution in [0.15, 0.2) is 18.2 Å². The van der Waals surface area contributed by atoms with Crippen LogP contribution in [0.2, 0.25) is 5.02 Å². The first kappa shape index (κ1) is 15.5. The molecule has 4 aliphatic rings. The second kappa shape index (κ2) is 5.82. The first-order chi connectivity index (χ1) is 11.0. The zero-order valence-electron chi connectivity index (χ0n) is 13.4. The van der Waals surface area contributed by atoms with Crippen molar-refractivity contribution < 1.29 is 4.74 Å². The van der Waals surface area contributed by atoms with Gasteiger partial charge in [0.05, 0.1) is 12.1 Å². The summed E-state index contributed by atoms with van der Waals surface area (Å²) in [6.07, 6.45) is 8.16. The van der Waals surface area contributed by atoms with E-state index in [1.54, 1.807) is 7.11 Å². The van der Waals surface area contributed by atoms with Gasteiger partial charge in [-0.25, -0.2) is 0 Å². The molecule has 4 fully saturated rings. The number of nitrogens with one attached hydrogen (secondary N) is 2. The van der Waals surface area contributed by atoms with E-state index in [2.05, 4.69) is 10.6 Å². The second-order valence-electron chi connectivity index (χ2n) is 7.63. The molecule has 0 unspecified atom stereocenters. The van der Waals surface area contributed by atoms with Crippen LogP contribution < -0.4 is 15.4 Å². The molecule has 1 aromatic rings. The zero-order valence-corrected chi connectivity index (χ0v) is 15.0. The van der Waals surface area contributed by atoms with Crippen LogP contribution in [0, 0.1) is 17.8 Å². The van der Waals surface area contributed by atoms with Gasteiger partial charge in [0, 0.05) is 11.2 Å². The molecule has 4 saturated carbocycles. The van der Waals surface area contributed by atoms with Gasteiger partial charge in [-0.2, -0.15) is 0 Å². The highest BCUT2D eigenvalue weighted by Crippen LogP contribution is 2.55. The van der Waals surface area contributed by atoms with E-state index in [9.17, 15) is 0 Å². The lowest BCUT2D eigenvalue weighted by Crippen LogP contribution is -2.60. The summed E-state index contributed by atoms with van der Waals surface area (Å²) in [6.45, 7) is 0.